The van der Waals surface area contributed by atoms with E-state index < -0.39 is 0 Å². The molecule has 3 rings (SSSR count). The van der Waals surface area contributed by atoms with Crippen LogP contribution in [-0.4, -0.2) is 39.0 Å². The highest BCUT2D eigenvalue weighted by atomic mass is 32.2. The molecule has 0 bridgehead atoms. The average Bonchev–Trinajstić information content (AvgIpc) is 3.21. The Morgan fingerprint density at radius 3 is 2.79 bits per heavy atom. The van der Waals surface area contributed by atoms with Gasteiger partial charge in [-0.2, -0.15) is 0 Å². The van der Waals surface area contributed by atoms with Gasteiger partial charge in [-0.05, 0) is 51.5 Å². The quantitative estimate of drug-likeness (QED) is 0.514. The number of hydrogen-bond acceptors (Lipinski definition) is 7. The molecule has 0 atom stereocenters. The van der Waals surface area contributed by atoms with Crippen molar-refractivity contribution in [1.82, 2.24) is 14.8 Å². The highest BCUT2D eigenvalue weighted by Gasteiger charge is 2.27. The summed E-state index contributed by atoms with van der Waals surface area (Å²) in [6.45, 7) is 6.94. The predicted molar refractivity (Wildman–Crippen MR) is 111 cm³/mol. The first-order valence-electron chi connectivity index (χ1n) is 9.69. The number of carbonyl (C=O) groups excluding carboxylic acids is 2. The van der Waals surface area contributed by atoms with Crippen LogP contribution in [0.25, 0.3) is 0 Å². The summed E-state index contributed by atoms with van der Waals surface area (Å²) in [6.07, 6.45) is 4.97. The van der Waals surface area contributed by atoms with Gasteiger partial charge in [-0.3, -0.25) is 4.79 Å². The number of carbonyl (C=O) groups is 2. The van der Waals surface area contributed by atoms with Crippen LogP contribution >= 0.6 is 23.1 Å². The smallest absolute Gasteiger partial charge is 0.341 e. The van der Waals surface area contributed by atoms with Crippen LogP contribution in [0.2, 0.25) is 0 Å². The van der Waals surface area contributed by atoms with Crippen molar-refractivity contribution in [2.45, 2.75) is 64.6 Å². The number of nitrogens with zero attached hydrogens (tertiary/aromatic N) is 3. The summed E-state index contributed by atoms with van der Waals surface area (Å²) in [5, 5.41) is 12.6. The molecule has 152 valence electrons. The Balaban J connectivity index is 1.72. The number of thioether (sulfide) groups is 1. The van der Waals surface area contributed by atoms with Gasteiger partial charge in [0, 0.05) is 11.4 Å². The van der Waals surface area contributed by atoms with Crippen LogP contribution in [-0.2, 0) is 28.9 Å². The summed E-state index contributed by atoms with van der Waals surface area (Å²) in [4.78, 5) is 26.2. The monoisotopic (exact) mass is 422 g/mol. The molecule has 0 saturated heterocycles. The second-order valence-electron chi connectivity index (χ2n) is 6.65. The third kappa shape index (κ3) is 4.57. The zero-order valence-corrected chi connectivity index (χ0v) is 18.2. The first-order valence-corrected chi connectivity index (χ1v) is 11.5. The van der Waals surface area contributed by atoms with Crippen molar-refractivity contribution in [3.8, 4) is 0 Å². The number of nitrogens with one attached hydrogen (secondary N) is 1. The van der Waals surface area contributed by atoms with E-state index in [4.69, 9.17) is 4.74 Å². The maximum absolute atomic E-state index is 12.6. The van der Waals surface area contributed by atoms with Crippen molar-refractivity contribution < 1.29 is 14.3 Å². The lowest BCUT2D eigenvalue weighted by Crippen LogP contribution is -2.17. The molecule has 9 heteroatoms. The number of thiophene rings is 1. The van der Waals surface area contributed by atoms with E-state index in [9.17, 15) is 9.59 Å². The fourth-order valence-corrected chi connectivity index (χ4v) is 5.42. The first kappa shape index (κ1) is 20.9. The van der Waals surface area contributed by atoms with Gasteiger partial charge < -0.3 is 14.6 Å². The van der Waals surface area contributed by atoms with Gasteiger partial charge in [0.2, 0.25) is 5.91 Å². The van der Waals surface area contributed by atoms with E-state index in [0.717, 1.165) is 55.2 Å². The molecule has 1 N–H and O–H groups in total. The Morgan fingerprint density at radius 1 is 1.25 bits per heavy atom. The minimum absolute atomic E-state index is 0.155. The molecule has 0 unspecified atom stereocenters. The molecule has 0 spiro atoms. The van der Waals surface area contributed by atoms with E-state index in [-0.39, 0.29) is 17.6 Å². The summed E-state index contributed by atoms with van der Waals surface area (Å²) in [7, 11) is 0. The standard InChI is InChI=1S/C19H26N4O3S2/c1-4-10-23-12(3)21-22-19(23)27-11-15(24)20-17-16(18(25)26-5-2)13-8-6-7-9-14(13)28-17/h4-11H2,1-3H3,(H,20,24). The number of rotatable bonds is 8. The number of ether oxygens (including phenoxy) is 1. The highest BCUT2D eigenvalue weighted by molar-refractivity contribution is 7.99. The number of aromatic nitrogens is 3. The van der Waals surface area contributed by atoms with E-state index in [2.05, 4.69) is 22.4 Å². The third-order valence-electron chi connectivity index (χ3n) is 4.59. The predicted octanol–water partition coefficient (Wildman–Crippen LogP) is 3.84. The first-order chi connectivity index (χ1) is 13.5. The Bertz CT molecular complexity index is 860. The molecule has 1 aliphatic rings. The van der Waals surface area contributed by atoms with Crippen LogP contribution in [0.15, 0.2) is 5.16 Å². The molecular formula is C19H26N4O3S2. The van der Waals surface area contributed by atoms with Crippen LogP contribution in [0.1, 0.15) is 59.7 Å². The fraction of sp³-hybridized carbons (Fsp3) is 0.579. The van der Waals surface area contributed by atoms with E-state index >= 15 is 0 Å². The molecule has 0 fully saturated rings. The number of aryl methyl sites for hydroxylation is 2. The van der Waals surface area contributed by atoms with Gasteiger partial charge in [0.15, 0.2) is 5.16 Å². The van der Waals surface area contributed by atoms with E-state index in [0.29, 0.717) is 17.2 Å². The van der Waals surface area contributed by atoms with Crippen molar-refractivity contribution in [1.29, 1.82) is 0 Å². The van der Waals surface area contributed by atoms with Crippen molar-refractivity contribution in [2.24, 2.45) is 0 Å². The fourth-order valence-electron chi connectivity index (χ4n) is 3.32. The third-order valence-corrected chi connectivity index (χ3v) is 6.76. The molecule has 7 nitrogen and oxygen atoms in total. The molecule has 0 aromatic carbocycles. The molecule has 28 heavy (non-hydrogen) atoms. The Morgan fingerprint density at radius 2 is 2.04 bits per heavy atom. The average molecular weight is 423 g/mol. The molecule has 2 aromatic rings. The largest absolute Gasteiger partial charge is 0.462 e. The van der Waals surface area contributed by atoms with Gasteiger partial charge in [0.05, 0.1) is 17.9 Å². The minimum atomic E-state index is -0.344. The topological polar surface area (TPSA) is 86.1 Å². The zero-order valence-electron chi connectivity index (χ0n) is 16.5. The number of hydrogen-bond donors (Lipinski definition) is 1. The van der Waals surface area contributed by atoms with E-state index in [1.165, 1.54) is 28.0 Å². The molecule has 0 saturated carbocycles. The second-order valence-corrected chi connectivity index (χ2v) is 8.70. The molecule has 2 heterocycles. The maximum Gasteiger partial charge on any atom is 0.341 e. The van der Waals surface area contributed by atoms with Crippen LogP contribution < -0.4 is 5.32 Å². The number of amides is 1. The van der Waals surface area contributed by atoms with Crippen LogP contribution in [0, 0.1) is 6.92 Å². The second kappa shape index (κ2) is 9.56. The summed E-state index contributed by atoms with van der Waals surface area (Å²) >= 11 is 2.87. The van der Waals surface area contributed by atoms with E-state index in [1.54, 1.807) is 6.92 Å². The molecule has 0 aliphatic heterocycles. The van der Waals surface area contributed by atoms with Gasteiger partial charge in [0.25, 0.3) is 0 Å². The SMILES string of the molecule is CCCn1c(C)nnc1SCC(=O)Nc1sc2c(c1C(=O)OCC)CCCC2. The van der Waals surface area contributed by atoms with Crippen LogP contribution in [0.5, 0.6) is 0 Å². The Labute approximate surface area is 173 Å². The number of fused-ring (bicyclic) bond motifs is 1. The molecule has 1 aliphatic carbocycles. The maximum atomic E-state index is 12.6. The van der Waals surface area contributed by atoms with Crippen molar-refractivity contribution >= 4 is 40.0 Å². The van der Waals surface area contributed by atoms with E-state index in [1.807, 2.05) is 11.5 Å². The number of esters is 1. The Hall–Kier alpha value is -1.87. The highest BCUT2D eigenvalue weighted by Crippen LogP contribution is 2.38. The molecule has 1 amide bonds. The molecular weight excluding hydrogens is 396 g/mol. The van der Waals surface area contributed by atoms with Gasteiger partial charge >= 0.3 is 5.97 Å². The summed E-state index contributed by atoms with van der Waals surface area (Å²) in [6, 6.07) is 0. The van der Waals surface area contributed by atoms with Crippen LogP contribution in [0.4, 0.5) is 5.00 Å². The van der Waals surface area contributed by atoms with Gasteiger partial charge in [0.1, 0.15) is 10.8 Å². The van der Waals surface area contributed by atoms with Crippen LogP contribution in [0.3, 0.4) is 0 Å². The molecule has 2 aromatic heterocycles. The van der Waals surface area contributed by atoms with Crippen molar-refractivity contribution in [3.05, 3.63) is 21.8 Å². The molecule has 0 radical (unpaired) electrons. The lowest BCUT2D eigenvalue weighted by atomic mass is 9.95. The lowest BCUT2D eigenvalue weighted by Gasteiger charge is -2.12. The summed E-state index contributed by atoms with van der Waals surface area (Å²) < 4.78 is 7.26. The van der Waals surface area contributed by atoms with Crippen molar-refractivity contribution in [2.75, 3.05) is 17.7 Å². The number of anilines is 1. The normalized spacial score (nSPS) is 13.2. The summed E-state index contributed by atoms with van der Waals surface area (Å²) in [5.41, 5.74) is 1.60. The van der Waals surface area contributed by atoms with Crippen molar-refractivity contribution in [3.63, 3.8) is 0 Å². The van der Waals surface area contributed by atoms with Gasteiger partial charge in [-0.1, -0.05) is 18.7 Å². The zero-order chi connectivity index (χ0) is 20.1. The van der Waals surface area contributed by atoms with Gasteiger partial charge in [-0.15, -0.1) is 21.5 Å². The minimum Gasteiger partial charge on any atom is -0.462 e. The lowest BCUT2D eigenvalue weighted by molar-refractivity contribution is -0.113. The summed E-state index contributed by atoms with van der Waals surface area (Å²) in [5.74, 6) is 0.563. The Kier molecular flexibility index (Phi) is 7.12. The van der Waals surface area contributed by atoms with Gasteiger partial charge in [-0.25, -0.2) is 4.79 Å².